The Morgan fingerprint density at radius 3 is 2.77 bits per heavy atom. The minimum Gasteiger partial charge on any atom is -0.390 e. The van der Waals surface area contributed by atoms with Crippen LogP contribution in [0, 0.1) is 6.92 Å². The number of H-pyrrole nitrogens is 1. The lowest BCUT2D eigenvalue weighted by atomic mass is 9.86. The molecule has 3 heterocycles. The van der Waals surface area contributed by atoms with E-state index in [1.807, 2.05) is 19.1 Å². The molecule has 0 bridgehead atoms. The second-order valence-corrected chi connectivity index (χ2v) is 10.2. The first kappa shape index (κ1) is 24.1. The number of nitrogens with zero attached hydrogens (tertiary/aromatic N) is 2. The van der Waals surface area contributed by atoms with Crippen LogP contribution in [0.25, 0.3) is 11.1 Å². The number of likely N-dealkylation sites (N-methyl/N-ethyl adjacent to an activating group) is 1. The zero-order valence-electron chi connectivity index (χ0n) is 20.2. The van der Waals surface area contributed by atoms with Gasteiger partial charge in [0.05, 0.1) is 17.2 Å². The van der Waals surface area contributed by atoms with Gasteiger partial charge in [-0.05, 0) is 62.6 Å². The highest BCUT2D eigenvalue weighted by Crippen LogP contribution is 2.43. The van der Waals surface area contributed by atoms with Gasteiger partial charge in [-0.1, -0.05) is 11.6 Å². The number of aromatic nitrogens is 1. The summed E-state index contributed by atoms with van der Waals surface area (Å²) in [5.41, 5.74) is 6.28. The third-order valence-corrected chi connectivity index (χ3v) is 7.50. The van der Waals surface area contributed by atoms with Gasteiger partial charge in [0.2, 0.25) is 0 Å². The lowest BCUT2D eigenvalue weighted by Gasteiger charge is -2.33. The van der Waals surface area contributed by atoms with Crippen molar-refractivity contribution in [2.45, 2.75) is 32.3 Å². The number of hydrogen-bond donors (Lipinski definition) is 4. The van der Waals surface area contributed by atoms with Crippen LogP contribution in [-0.2, 0) is 11.2 Å². The number of carbonyl (C=O) groups excluding carboxylic acids is 2. The number of aryl methyl sites for hydroxylation is 1. The SMILES string of the molecule is Cc1[nH]c2c(c1C(=O)NCC(O)CN1CCN(C)CC1)CCC/C2=C1/C(=O)Nc2ccc(Cl)cc21. The number of halogens is 1. The van der Waals surface area contributed by atoms with Crippen LogP contribution in [0.3, 0.4) is 0 Å². The number of rotatable bonds is 5. The van der Waals surface area contributed by atoms with Crippen LogP contribution in [0.1, 0.15) is 45.7 Å². The Balaban J connectivity index is 1.35. The molecule has 2 amide bonds. The zero-order valence-corrected chi connectivity index (χ0v) is 21.0. The van der Waals surface area contributed by atoms with E-state index in [2.05, 4.69) is 32.5 Å². The van der Waals surface area contributed by atoms with E-state index in [-0.39, 0.29) is 18.4 Å². The highest BCUT2D eigenvalue weighted by atomic mass is 35.5. The van der Waals surface area contributed by atoms with Crippen LogP contribution >= 0.6 is 11.6 Å². The maximum absolute atomic E-state index is 13.2. The van der Waals surface area contributed by atoms with Gasteiger partial charge in [0.15, 0.2) is 0 Å². The average molecular weight is 498 g/mol. The van der Waals surface area contributed by atoms with E-state index in [1.54, 1.807) is 6.07 Å². The van der Waals surface area contributed by atoms with Gasteiger partial charge in [0.25, 0.3) is 11.8 Å². The van der Waals surface area contributed by atoms with Crippen LogP contribution in [0.2, 0.25) is 5.02 Å². The summed E-state index contributed by atoms with van der Waals surface area (Å²) in [5, 5.41) is 17.0. The largest absolute Gasteiger partial charge is 0.390 e. The summed E-state index contributed by atoms with van der Waals surface area (Å²) >= 11 is 6.23. The highest BCUT2D eigenvalue weighted by molar-refractivity contribution is 6.38. The average Bonchev–Trinajstić information content (AvgIpc) is 3.34. The summed E-state index contributed by atoms with van der Waals surface area (Å²) in [6.07, 6.45) is 1.72. The van der Waals surface area contributed by atoms with Gasteiger partial charge in [-0.25, -0.2) is 0 Å². The third kappa shape index (κ3) is 4.76. The summed E-state index contributed by atoms with van der Waals surface area (Å²) in [6, 6.07) is 5.40. The molecule has 1 saturated heterocycles. The molecule has 186 valence electrons. The zero-order chi connectivity index (χ0) is 24.7. The molecule has 0 saturated carbocycles. The maximum Gasteiger partial charge on any atom is 0.256 e. The first-order valence-electron chi connectivity index (χ1n) is 12.2. The van der Waals surface area contributed by atoms with Crippen LogP contribution in [0.4, 0.5) is 5.69 Å². The predicted molar refractivity (Wildman–Crippen MR) is 138 cm³/mol. The summed E-state index contributed by atoms with van der Waals surface area (Å²) in [7, 11) is 2.10. The topological polar surface area (TPSA) is 101 Å². The third-order valence-electron chi connectivity index (χ3n) is 7.26. The van der Waals surface area contributed by atoms with Gasteiger partial charge in [-0.3, -0.25) is 14.5 Å². The highest BCUT2D eigenvalue weighted by Gasteiger charge is 2.33. The second-order valence-electron chi connectivity index (χ2n) is 9.80. The Bertz CT molecular complexity index is 1200. The van der Waals surface area contributed by atoms with E-state index in [0.717, 1.165) is 79.2 Å². The molecule has 1 fully saturated rings. The van der Waals surface area contributed by atoms with Gasteiger partial charge in [-0.2, -0.15) is 0 Å². The van der Waals surface area contributed by atoms with Gasteiger partial charge >= 0.3 is 0 Å². The Labute approximate surface area is 210 Å². The molecule has 1 aliphatic carbocycles. The molecular weight excluding hydrogens is 466 g/mol. The lowest BCUT2D eigenvalue weighted by molar-refractivity contribution is -0.110. The summed E-state index contributed by atoms with van der Waals surface area (Å²) in [4.78, 5) is 34.0. The minimum atomic E-state index is -0.626. The number of amides is 2. The monoisotopic (exact) mass is 497 g/mol. The van der Waals surface area contributed by atoms with Gasteiger partial charge < -0.3 is 25.6 Å². The van der Waals surface area contributed by atoms with E-state index < -0.39 is 6.10 Å². The summed E-state index contributed by atoms with van der Waals surface area (Å²) < 4.78 is 0. The molecule has 1 aromatic heterocycles. The van der Waals surface area contributed by atoms with Crippen molar-refractivity contribution >= 4 is 40.2 Å². The second kappa shape index (κ2) is 9.78. The molecule has 8 nitrogen and oxygen atoms in total. The molecule has 9 heteroatoms. The van der Waals surface area contributed by atoms with Crippen LogP contribution in [0.15, 0.2) is 18.2 Å². The molecule has 5 rings (SSSR count). The van der Waals surface area contributed by atoms with Crippen molar-refractivity contribution in [2.24, 2.45) is 0 Å². The number of anilines is 1. The van der Waals surface area contributed by atoms with Crippen molar-refractivity contribution in [2.75, 3.05) is 51.6 Å². The molecule has 1 aromatic carbocycles. The normalized spacial score (nSPS) is 21.4. The molecule has 2 aliphatic heterocycles. The molecule has 1 atom stereocenters. The number of carbonyl (C=O) groups is 2. The number of nitrogens with one attached hydrogen (secondary N) is 3. The first-order valence-corrected chi connectivity index (χ1v) is 12.6. The fraction of sp³-hybridized carbons (Fsp3) is 0.462. The Morgan fingerprint density at radius 2 is 2.00 bits per heavy atom. The van der Waals surface area contributed by atoms with Crippen molar-refractivity contribution < 1.29 is 14.7 Å². The number of hydrogen-bond acceptors (Lipinski definition) is 5. The molecule has 0 spiro atoms. The van der Waals surface area contributed by atoms with E-state index in [4.69, 9.17) is 11.6 Å². The Morgan fingerprint density at radius 1 is 1.23 bits per heavy atom. The molecule has 35 heavy (non-hydrogen) atoms. The van der Waals surface area contributed by atoms with Gasteiger partial charge in [-0.15, -0.1) is 0 Å². The minimum absolute atomic E-state index is 0.143. The van der Waals surface area contributed by atoms with Gasteiger partial charge in [0, 0.05) is 66.9 Å². The Hall–Kier alpha value is -2.65. The maximum atomic E-state index is 13.2. The molecule has 4 N–H and O–H groups in total. The quantitative estimate of drug-likeness (QED) is 0.476. The number of aromatic amines is 1. The van der Waals surface area contributed by atoms with Crippen LogP contribution in [-0.4, -0.2) is 84.1 Å². The number of benzene rings is 1. The Kier molecular flexibility index (Phi) is 6.72. The molecule has 1 unspecified atom stereocenters. The van der Waals surface area contributed by atoms with Crippen molar-refractivity contribution in [1.82, 2.24) is 20.1 Å². The summed E-state index contributed by atoms with van der Waals surface area (Å²) in [6.45, 7) is 6.45. The fourth-order valence-electron chi connectivity index (χ4n) is 5.44. The number of β-amino-alcohol motifs (C(OH)–C–C–N with tert-alkyl or cyclic N) is 1. The number of aliphatic hydroxyl groups is 1. The van der Waals surface area contributed by atoms with Crippen molar-refractivity contribution in [1.29, 1.82) is 0 Å². The van der Waals surface area contributed by atoms with Gasteiger partial charge in [0.1, 0.15) is 0 Å². The van der Waals surface area contributed by atoms with Crippen LogP contribution in [0.5, 0.6) is 0 Å². The van der Waals surface area contributed by atoms with Crippen molar-refractivity contribution in [3.8, 4) is 0 Å². The molecular formula is C26H32ClN5O3. The molecule has 0 radical (unpaired) electrons. The molecule has 2 aromatic rings. The first-order chi connectivity index (χ1) is 16.8. The van der Waals surface area contributed by atoms with E-state index >= 15 is 0 Å². The van der Waals surface area contributed by atoms with Crippen molar-refractivity contribution in [3.05, 3.63) is 51.3 Å². The predicted octanol–water partition coefficient (Wildman–Crippen LogP) is 2.51. The molecule has 3 aliphatic rings. The fourth-order valence-corrected chi connectivity index (χ4v) is 5.61. The number of fused-ring (bicyclic) bond motifs is 2. The van der Waals surface area contributed by atoms with E-state index in [1.165, 1.54) is 0 Å². The van der Waals surface area contributed by atoms with E-state index in [9.17, 15) is 14.7 Å². The number of piperazine rings is 1. The van der Waals surface area contributed by atoms with Crippen LogP contribution < -0.4 is 10.6 Å². The lowest BCUT2D eigenvalue weighted by Crippen LogP contribution is -2.48. The number of allylic oxidation sites excluding steroid dienone is 1. The summed E-state index contributed by atoms with van der Waals surface area (Å²) in [5.74, 6) is -0.335. The number of aliphatic hydroxyl groups excluding tert-OH is 1. The smallest absolute Gasteiger partial charge is 0.256 e. The standard InChI is InChI=1S/C26H32ClN5O3/c1-15-22(25(34)28-13-17(33)14-32-10-8-31(2)9-11-32)18-4-3-5-19(24(18)29-15)23-20-12-16(27)6-7-21(20)30-26(23)35/h6-7,12,17,29,33H,3-5,8-11,13-14H2,1-2H3,(H,28,34)(H,30,35)/b23-19-. The van der Waals surface area contributed by atoms with Crippen molar-refractivity contribution in [3.63, 3.8) is 0 Å². The van der Waals surface area contributed by atoms with E-state index in [0.29, 0.717) is 22.7 Å².